The van der Waals surface area contributed by atoms with E-state index in [9.17, 15) is 9.59 Å². The van der Waals surface area contributed by atoms with Gasteiger partial charge in [-0.1, -0.05) is 49.1 Å². The summed E-state index contributed by atoms with van der Waals surface area (Å²) >= 11 is 0. The number of carboxylic acid groups (broad SMARTS) is 1. The number of hydrogen-bond acceptors (Lipinski definition) is 2. The van der Waals surface area contributed by atoms with Crippen LogP contribution >= 0.6 is 0 Å². The molecule has 0 saturated heterocycles. The number of ketones is 1. The Hall–Kier alpha value is -1.64. The Morgan fingerprint density at radius 2 is 1.68 bits per heavy atom. The molecule has 0 atom stereocenters. The first-order valence-corrected chi connectivity index (χ1v) is 8.27. The third kappa shape index (κ3) is 7.96. The molecule has 1 saturated carbocycles. The minimum Gasteiger partial charge on any atom is -0.481 e. The van der Waals surface area contributed by atoms with E-state index >= 15 is 0 Å². The van der Waals surface area contributed by atoms with Gasteiger partial charge in [0.15, 0.2) is 0 Å². The topological polar surface area (TPSA) is 54.4 Å². The van der Waals surface area contributed by atoms with E-state index in [4.69, 9.17) is 5.11 Å². The van der Waals surface area contributed by atoms with Gasteiger partial charge in [-0.3, -0.25) is 9.59 Å². The van der Waals surface area contributed by atoms with E-state index in [2.05, 4.69) is 24.3 Å². The molecule has 1 aromatic rings. The summed E-state index contributed by atoms with van der Waals surface area (Å²) in [5.74, 6) is 0.0977. The van der Waals surface area contributed by atoms with Crippen molar-refractivity contribution in [2.75, 3.05) is 0 Å². The van der Waals surface area contributed by atoms with E-state index in [1.54, 1.807) is 6.92 Å². The van der Waals surface area contributed by atoms with Gasteiger partial charge in [0.1, 0.15) is 5.78 Å². The number of benzene rings is 1. The molecule has 1 N–H and O–H groups in total. The van der Waals surface area contributed by atoms with Gasteiger partial charge in [0.05, 0.1) is 0 Å². The second-order valence-corrected chi connectivity index (χ2v) is 6.18. The van der Waals surface area contributed by atoms with Crippen molar-refractivity contribution in [3.05, 3.63) is 35.4 Å². The van der Waals surface area contributed by atoms with Gasteiger partial charge in [-0.2, -0.15) is 0 Å². The third-order valence-electron chi connectivity index (χ3n) is 4.16. The predicted octanol–water partition coefficient (Wildman–Crippen LogP) is 4.56. The maximum atomic E-state index is 10.8. The lowest BCUT2D eigenvalue weighted by Crippen LogP contribution is -2.13. The lowest BCUT2D eigenvalue weighted by molar-refractivity contribution is -0.137. The van der Waals surface area contributed by atoms with Gasteiger partial charge >= 0.3 is 5.97 Å². The minimum atomic E-state index is -0.716. The van der Waals surface area contributed by atoms with Crippen LogP contribution in [0.25, 0.3) is 0 Å². The van der Waals surface area contributed by atoms with Crippen molar-refractivity contribution in [2.45, 2.75) is 65.2 Å². The van der Waals surface area contributed by atoms with Crippen LogP contribution in [-0.4, -0.2) is 16.9 Å². The molecule has 1 aromatic carbocycles. The molecule has 0 radical (unpaired) electrons. The summed E-state index contributed by atoms with van der Waals surface area (Å²) in [5.41, 5.74) is 2.45. The van der Waals surface area contributed by atoms with Crippen LogP contribution in [0.5, 0.6) is 0 Å². The highest BCUT2D eigenvalue weighted by Crippen LogP contribution is 2.23. The van der Waals surface area contributed by atoms with E-state index in [1.165, 1.54) is 30.4 Å². The maximum absolute atomic E-state index is 10.8. The third-order valence-corrected chi connectivity index (χ3v) is 4.16. The van der Waals surface area contributed by atoms with Crippen molar-refractivity contribution in [1.29, 1.82) is 0 Å². The van der Waals surface area contributed by atoms with Crippen molar-refractivity contribution < 1.29 is 14.7 Å². The highest BCUT2D eigenvalue weighted by molar-refractivity contribution is 5.78. The second-order valence-electron chi connectivity index (χ2n) is 6.18. The fourth-order valence-corrected chi connectivity index (χ4v) is 2.71. The molecule has 0 bridgehead atoms. The standard InChI is InChI=1S/C11H14O2.C8H14O/c1-9-5-7-10(8-6-9)3-2-4-11(12)13;1-7(9)8-5-3-2-4-6-8/h5-8H,2-4H2,1H3,(H,12,13);8H,2-6H2,1H3. The Kier molecular flexibility index (Phi) is 8.49. The number of carbonyl (C=O) groups excluding carboxylic acids is 1. The molecule has 2 rings (SSSR count). The summed E-state index contributed by atoms with van der Waals surface area (Å²) < 4.78 is 0. The lowest BCUT2D eigenvalue weighted by Gasteiger charge is -2.17. The van der Waals surface area contributed by atoms with Gasteiger partial charge in [0.25, 0.3) is 0 Å². The largest absolute Gasteiger partial charge is 0.481 e. The molecule has 1 fully saturated rings. The van der Waals surface area contributed by atoms with Crippen LogP contribution in [0.15, 0.2) is 24.3 Å². The molecule has 3 nitrogen and oxygen atoms in total. The molecule has 3 heteroatoms. The van der Waals surface area contributed by atoms with E-state index in [-0.39, 0.29) is 6.42 Å². The molecule has 0 unspecified atom stereocenters. The van der Waals surface area contributed by atoms with Gasteiger partial charge in [-0.05, 0) is 45.1 Å². The molecule has 1 aliphatic carbocycles. The van der Waals surface area contributed by atoms with Crippen molar-refractivity contribution in [3.63, 3.8) is 0 Å². The molecule has 0 heterocycles. The lowest BCUT2D eigenvalue weighted by atomic mass is 9.87. The summed E-state index contributed by atoms with van der Waals surface area (Å²) in [7, 11) is 0. The predicted molar refractivity (Wildman–Crippen MR) is 89.0 cm³/mol. The van der Waals surface area contributed by atoms with Crippen molar-refractivity contribution in [1.82, 2.24) is 0 Å². The number of carboxylic acids is 1. The van der Waals surface area contributed by atoms with Crippen molar-refractivity contribution >= 4 is 11.8 Å². The zero-order valence-electron chi connectivity index (χ0n) is 13.8. The number of hydrogen-bond donors (Lipinski definition) is 1. The Bertz CT molecular complexity index is 456. The number of aliphatic carboxylic acids is 1. The minimum absolute atomic E-state index is 0.258. The molecular weight excluding hydrogens is 276 g/mol. The zero-order chi connectivity index (χ0) is 16.4. The van der Waals surface area contributed by atoms with E-state index in [0.717, 1.165) is 25.7 Å². The summed E-state index contributed by atoms with van der Waals surface area (Å²) in [4.78, 5) is 21.0. The average Bonchev–Trinajstić information content (AvgIpc) is 2.50. The molecule has 0 spiro atoms. The van der Waals surface area contributed by atoms with Crippen LogP contribution in [0.4, 0.5) is 0 Å². The van der Waals surface area contributed by atoms with Crippen LogP contribution in [0.3, 0.4) is 0 Å². The van der Waals surface area contributed by atoms with Crippen LogP contribution in [-0.2, 0) is 16.0 Å². The Balaban J connectivity index is 0.000000235. The summed E-state index contributed by atoms with van der Waals surface area (Å²) in [6.07, 6.45) is 8.00. The highest BCUT2D eigenvalue weighted by Gasteiger charge is 2.16. The van der Waals surface area contributed by atoms with Gasteiger partial charge in [0.2, 0.25) is 0 Å². The molecule has 0 amide bonds. The molecule has 0 aromatic heterocycles. The SMILES string of the molecule is CC(=O)C1CCCCC1.Cc1ccc(CCCC(=O)O)cc1. The summed E-state index contributed by atoms with van der Waals surface area (Å²) in [6.45, 7) is 3.76. The average molecular weight is 304 g/mol. The maximum Gasteiger partial charge on any atom is 0.303 e. The Morgan fingerprint density at radius 1 is 1.09 bits per heavy atom. The van der Waals surface area contributed by atoms with E-state index in [1.807, 2.05) is 6.92 Å². The van der Waals surface area contributed by atoms with E-state index in [0.29, 0.717) is 11.7 Å². The molecular formula is C19H28O3. The van der Waals surface area contributed by atoms with Gasteiger partial charge < -0.3 is 5.11 Å². The summed E-state index contributed by atoms with van der Waals surface area (Å²) in [6, 6.07) is 8.21. The van der Waals surface area contributed by atoms with Gasteiger partial charge in [-0.15, -0.1) is 0 Å². The van der Waals surface area contributed by atoms with Crippen LogP contribution in [0, 0.1) is 12.8 Å². The second kappa shape index (κ2) is 10.1. The fraction of sp³-hybridized carbons (Fsp3) is 0.579. The van der Waals surface area contributed by atoms with Crippen LogP contribution < -0.4 is 0 Å². The summed E-state index contributed by atoms with van der Waals surface area (Å²) in [5, 5.41) is 8.44. The first-order valence-electron chi connectivity index (χ1n) is 8.27. The highest BCUT2D eigenvalue weighted by atomic mass is 16.4. The van der Waals surface area contributed by atoms with Crippen LogP contribution in [0.1, 0.15) is 63.0 Å². The number of Topliss-reactive ketones (excluding diaryl/α,β-unsaturated/α-hetero) is 1. The van der Waals surface area contributed by atoms with E-state index < -0.39 is 5.97 Å². The van der Waals surface area contributed by atoms with Gasteiger partial charge in [-0.25, -0.2) is 0 Å². The first-order chi connectivity index (χ1) is 10.5. The Labute approximate surface area is 133 Å². The molecule has 1 aliphatic rings. The zero-order valence-corrected chi connectivity index (χ0v) is 13.8. The number of carbonyl (C=O) groups is 2. The van der Waals surface area contributed by atoms with Crippen molar-refractivity contribution in [2.24, 2.45) is 5.92 Å². The first kappa shape index (κ1) is 18.4. The molecule has 122 valence electrons. The van der Waals surface area contributed by atoms with Crippen molar-refractivity contribution in [3.8, 4) is 0 Å². The van der Waals surface area contributed by atoms with Crippen LogP contribution in [0.2, 0.25) is 0 Å². The fourth-order valence-electron chi connectivity index (χ4n) is 2.71. The monoisotopic (exact) mass is 304 g/mol. The number of rotatable bonds is 5. The quantitative estimate of drug-likeness (QED) is 0.867. The Morgan fingerprint density at radius 3 is 2.14 bits per heavy atom. The number of aryl methyl sites for hydroxylation is 2. The molecule has 0 aliphatic heterocycles. The normalized spacial score (nSPS) is 14.8. The molecule has 22 heavy (non-hydrogen) atoms. The van der Waals surface area contributed by atoms with Gasteiger partial charge in [0, 0.05) is 12.3 Å². The smallest absolute Gasteiger partial charge is 0.303 e.